The zero-order chi connectivity index (χ0) is 49.6. The topological polar surface area (TPSA) is 203 Å². The second-order valence-corrected chi connectivity index (χ2v) is 20.1. The predicted octanol–water partition coefficient (Wildman–Crippen LogP) is 9.14. The molecular weight excluding hydrogens is 864 g/mol. The van der Waals surface area contributed by atoms with Crippen molar-refractivity contribution in [3.05, 3.63) is 65.5 Å². The summed E-state index contributed by atoms with van der Waals surface area (Å²) in [4.78, 5) is 62.4. The summed E-state index contributed by atoms with van der Waals surface area (Å²) in [5.74, 6) is 0.374. The lowest BCUT2D eigenvalue weighted by Crippen LogP contribution is -2.48. The fourth-order valence-electron chi connectivity index (χ4n) is 6.98. The zero-order valence-electron chi connectivity index (χ0n) is 41.1. The number of halogens is 1. The number of nitrogens with zero attached hydrogens (tertiary/aromatic N) is 7. The number of aromatic nitrogens is 3. The summed E-state index contributed by atoms with van der Waals surface area (Å²) in [7, 11) is 3.49. The average molecular weight is 929 g/mol. The molecule has 2 aliphatic rings. The van der Waals surface area contributed by atoms with Gasteiger partial charge in [-0.2, -0.15) is 0 Å². The molecule has 0 fully saturated rings. The van der Waals surface area contributed by atoms with Crippen molar-refractivity contribution in [2.45, 2.75) is 118 Å². The molecule has 3 heterocycles. The Balaban J connectivity index is 1.32. The van der Waals surface area contributed by atoms with Crippen LogP contribution in [0.25, 0.3) is 33.9 Å². The molecule has 0 aliphatic carbocycles. The van der Waals surface area contributed by atoms with Gasteiger partial charge in [0.15, 0.2) is 11.6 Å². The van der Waals surface area contributed by atoms with Crippen LogP contribution in [0.3, 0.4) is 0 Å². The van der Waals surface area contributed by atoms with Crippen LogP contribution in [0, 0.1) is 5.82 Å². The van der Waals surface area contributed by atoms with Gasteiger partial charge in [0.05, 0.1) is 5.56 Å². The first-order chi connectivity index (χ1) is 31.1. The molecule has 2 aliphatic heterocycles. The largest absolute Gasteiger partial charge is 0.444 e. The van der Waals surface area contributed by atoms with Crippen molar-refractivity contribution in [3.8, 4) is 22.8 Å². The normalized spacial score (nSPS) is 15.3. The lowest BCUT2D eigenvalue weighted by Gasteiger charge is -2.30. The van der Waals surface area contributed by atoms with Crippen LogP contribution >= 0.6 is 0 Å². The van der Waals surface area contributed by atoms with Crippen molar-refractivity contribution in [2.24, 2.45) is 17.0 Å². The molecule has 67 heavy (non-hydrogen) atoms. The molecule has 4 amide bonds. The van der Waals surface area contributed by atoms with Crippen molar-refractivity contribution in [3.63, 3.8) is 0 Å². The molecule has 362 valence electrons. The number of anilines is 1. The van der Waals surface area contributed by atoms with E-state index in [-0.39, 0.29) is 24.0 Å². The van der Waals surface area contributed by atoms with Crippen LogP contribution in [-0.2, 0) is 26.0 Å². The fraction of sp³-hybridized carbons (Fsp3) is 0.500. The van der Waals surface area contributed by atoms with Crippen LogP contribution in [0.1, 0.15) is 107 Å². The third kappa shape index (κ3) is 14.9. The van der Waals surface area contributed by atoms with E-state index in [0.717, 1.165) is 22.3 Å². The van der Waals surface area contributed by atoms with Gasteiger partial charge in [0.25, 0.3) is 0 Å². The maximum Gasteiger partial charge on any atom is 0.437 e. The number of rotatable bonds is 5. The first-order valence-corrected chi connectivity index (χ1v) is 22.1. The van der Waals surface area contributed by atoms with E-state index in [9.17, 15) is 19.2 Å². The molecule has 1 aromatic heterocycles. The molecule has 18 nitrogen and oxygen atoms in total. The van der Waals surface area contributed by atoms with Gasteiger partial charge in [0, 0.05) is 51.5 Å². The molecule has 0 unspecified atom stereocenters. The predicted molar refractivity (Wildman–Crippen MR) is 256 cm³/mol. The number of amides is 4. The summed E-state index contributed by atoms with van der Waals surface area (Å²) in [5, 5.41) is 17.2. The first-order valence-electron chi connectivity index (χ1n) is 22.1. The molecule has 19 heteroatoms. The van der Waals surface area contributed by atoms with Gasteiger partial charge in [0.1, 0.15) is 28.2 Å². The highest BCUT2D eigenvalue weighted by Gasteiger charge is 2.28. The molecule has 0 spiro atoms. The van der Waals surface area contributed by atoms with Crippen molar-refractivity contribution in [1.29, 1.82) is 0 Å². The molecule has 0 saturated carbocycles. The number of guanidine groups is 2. The minimum absolute atomic E-state index is 0.0183. The first kappa shape index (κ1) is 51.2. The van der Waals surface area contributed by atoms with Crippen LogP contribution in [0.2, 0.25) is 0 Å². The number of ether oxygens (including phenoxy) is 4. The summed E-state index contributed by atoms with van der Waals surface area (Å²) in [5.41, 5.74) is 1.97. The Hall–Kier alpha value is -6.79. The Kier molecular flexibility index (Phi) is 15.6. The van der Waals surface area contributed by atoms with Crippen LogP contribution in [0.15, 0.2) is 58.5 Å². The number of nitrogens with one attached hydrogen (secondary N) is 3. The van der Waals surface area contributed by atoms with Crippen LogP contribution < -0.4 is 16.0 Å². The zero-order valence-corrected chi connectivity index (χ0v) is 41.1. The summed E-state index contributed by atoms with van der Waals surface area (Å²) >= 11 is 0. The van der Waals surface area contributed by atoms with Gasteiger partial charge < -0.3 is 38.6 Å². The van der Waals surface area contributed by atoms with Crippen molar-refractivity contribution in [1.82, 2.24) is 35.2 Å². The Morgan fingerprint density at radius 2 is 1.03 bits per heavy atom. The smallest absolute Gasteiger partial charge is 0.437 e. The minimum atomic E-state index is -0.865. The van der Waals surface area contributed by atoms with E-state index >= 15 is 4.39 Å². The lowest BCUT2D eigenvalue weighted by molar-refractivity contribution is 0.0536. The van der Waals surface area contributed by atoms with Crippen LogP contribution in [-0.4, -0.2) is 116 Å². The third-order valence-corrected chi connectivity index (χ3v) is 9.77. The van der Waals surface area contributed by atoms with Gasteiger partial charge in [0.2, 0.25) is 11.9 Å². The minimum Gasteiger partial charge on any atom is -0.444 e. The molecule has 0 saturated heterocycles. The molecule has 0 bridgehead atoms. The fourth-order valence-corrected chi connectivity index (χ4v) is 6.98. The van der Waals surface area contributed by atoms with Gasteiger partial charge in [-0.05, 0) is 130 Å². The summed E-state index contributed by atoms with van der Waals surface area (Å²) in [6, 6.07) is 11.1. The standard InChI is InChI=1S/C48H65FN10O8/c1-45(2,3)64-41(60)51-39(52-42(61)65-46(4,5)6)58-23-19-30(20-24-58)29-15-17-32(18-16-29)37-55-56-38(57(37)14)36-34(49)27-33(28-35(36)50-13)31-21-25-59(26-22-31)40(53-43(62)66-47(7,8)9)54-44(63)67-48(10,11)12/h15-19,21,27-28,50H,20,22-26H2,1-14H3,(H,51,52,60,61)(H,53,54,62,63). The lowest BCUT2D eigenvalue weighted by atomic mass is 9.96. The van der Waals surface area contributed by atoms with E-state index in [2.05, 4.69) is 36.1 Å². The van der Waals surface area contributed by atoms with E-state index in [1.165, 1.54) is 6.07 Å². The summed E-state index contributed by atoms with van der Waals surface area (Å²) in [6.07, 6.45) is 1.72. The van der Waals surface area contributed by atoms with Gasteiger partial charge >= 0.3 is 24.4 Å². The Labute approximate surface area is 392 Å². The Morgan fingerprint density at radius 1 is 0.612 bits per heavy atom. The second kappa shape index (κ2) is 20.4. The molecule has 3 aromatic rings. The molecule has 3 N–H and O–H groups in total. The average Bonchev–Trinajstić information content (AvgIpc) is 3.57. The summed E-state index contributed by atoms with van der Waals surface area (Å²) < 4.78 is 39.7. The van der Waals surface area contributed by atoms with Gasteiger partial charge in [-0.1, -0.05) is 36.4 Å². The van der Waals surface area contributed by atoms with Gasteiger partial charge in [-0.3, -0.25) is 10.6 Å². The number of aliphatic imine (C=N–C) groups is 2. The Morgan fingerprint density at radius 3 is 1.43 bits per heavy atom. The van der Waals surface area contributed by atoms with E-state index < -0.39 is 52.6 Å². The molecule has 0 radical (unpaired) electrons. The highest BCUT2D eigenvalue weighted by molar-refractivity contribution is 6.00. The van der Waals surface area contributed by atoms with Crippen molar-refractivity contribution >= 4 is 53.1 Å². The maximum atomic E-state index is 16.3. The van der Waals surface area contributed by atoms with Crippen LogP contribution in [0.4, 0.5) is 29.3 Å². The van der Waals surface area contributed by atoms with E-state index in [1.807, 2.05) is 42.5 Å². The van der Waals surface area contributed by atoms with Crippen LogP contribution in [0.5, 0.6) is 0 Å². The number of benzene rings is 2. The molecule has 2 aromatic carbocycles. The van der Waals surface area contributed by atoms with E-state index in [1.54, 1.807) is 112 Å². The highest BCUT2D eigenvalue weighted by atomic mass is 19.1. The molecule has 5 rings (SSSR count). The highest BCUT2D eigenvalue weighted by Crippen LogP contribution is 2.36. The SMILES string of the molecule is CNc1cc(C2=CCN(/C(=N/C(=O)OC(C)(C)C)NC(=O)OC(C)(C)C)CC2)cc(F)c1-c1nnc(-c2ccc(C3=CCN(/C(=N\C(=O)OC(C)(C)C)NC(=O)OC(C)(C)C)CC3)cc2)n1C. The van der Waals surface area contributed by atoms with Gasteiger partial charge in [-0.25, -0.2) is 23.6 Å². The molecule has 0 atom stereocenters. The van der Waals surface area contributed by atoms with Crippen molar-refractivity contribution in [2.75, 3.05) is 38.5 Å². The van der Waals surface area contributed by atoms with E-state index in [0.29, 0.717) is 55.4 Å². The number of alkyl carbamates (subject to hydrolysis) is 2. The Bertz CT molecular complexity index is 2460. The quantitative estimate of drug-likeness (QED) is 0.124. The maximum absolute atomic E-state index is 16.3. The second-order valence-electron chi connectivity index (χ2n) is 20.1. The number of hydrogen-bond acceptors (Lipinski definition) is 11. The number of carbonyl (C=O) groups is 4. The third-order valence-electron chi connectivity index (χ3n) is 9.77. The van der Waals surface area contributed by atoms with E-state index in [4.69, 9.17) is 18.9 Å². The monoisotopic (exact) mass is 928 g/mol. The number of hydrogen-bond donors (Lipinski definition) is 3. The molecular formula is C48H65FN10O8. The number of carbonyl (C=O) groups excluding carboxylic acids is 4. The van der Waals surface area contributed by atoms with Crippen molar-refractivity contribution < 1.29 is 42.5 Å². The van der Waals surface area contributed by atoms with Gasteiger partial charge in [-0.15, -0.1) is 20.2 Å². The summed E-state index contributed by atoms with van der Waals surface area (Å²) in [6.45, 7) is 22.2.